The molecule has 128 valence electrons. The minimum Gasteiger partial charge on any atom is -0.406 e. The molecule has 24 heavy (non-hydrogen) atoms. The molecule has 1 amide bonds. The number of alkyl halides is 3. The lowest BCUT2D eigenvalue weighted by Crippen LogP contribution is -2.27. The fourth-order valence-electron chi connectivity index (χ4n) is 1.87. The van der Waals surface area contributed by atoms with Gasteiger partial charge >= 0.3 is 6.36 Å². The van der Waals surface area contributed by atoms with Crippen LogP contribution in [0.3, 0.4) is 0 Å². The molecule has 1 aromatic carbocycles. The summed E-state index contributed by atoms with van der Waals surface area (Å²) < 4.78 is 41.0. The average Bonchev–Trinajstić information content (AvgIpc) is 2.50. The van der Waals surface area contributed by atoms with Crippen LogP contribution in [0.5, 0.6) is 5.75 Å². The molecule has 0 spiro atoms. The number of nitrogens with zero attached hydrogens (tertiary/aromatic N) is 2. The second-order valence-corrected chi connectivity index (χ2v) is 4.82. The number of hydrogen-bond donors (Lipinski definition) is 1. The van der Waals surface area contributed by atoms with E-state index in [4.69, 9.17) is 0 Å². The number of nitrogens with one attached hydrogen (secondary N) is 1. The molecule has 2 rings (SSSR count). The number of carbonyl (C=O) groups is 1. The quantitative estimate of drug-likeness (QED) is 0.906. The summed E-state index contributed by atoms with van der Waals surface area (Å²) in [5.41, 5.74) is 0.545. The first-order valence-corrected chi connectivity index (χ1v) is 6.98. The van der Waals surface area contributed by atoms with Crippen molar-refractivity contribution in [2.45, 2.75) is 26.3 Å². The highest BCUT2D eigenvalue weighted by Gasteiger charge is 2.30. The first kappa shape index (κ1) is 17.5. The lowest BCUT2D eigenvalue weighted by molar-refractivity contribution is -0.274. The molecular formula is C15H14F3N3O3. The van der Waals surface area contributed by atoms with Gasteiger partial charge in [-0.25, -0.2) is 4.98 Å². The fraction of sp³-hybridized carbons (Fsp3) is 0.267. The third-order valence-electron chi connectivity index (χ3n) is 2.98. The van der Waals surface area contributed by atoms with Crippen molar-refractivity contribution < 1.29 is 22.7 Å². The van der Waals surface area contributed by atoms with Crippen LogP contribution in [0.15, 0.2) is 41.5 Å². The van der Waals surface area contributed by atoms with Crippen LogP contribution in [0.4, 0.5) is 18.9 Å². The van der Waals surface area contributed by atoms with Gasteiger partial charge in [0, 0.05) is 17.4 Å². The second kappa shape index (κ2) is 7.16. The highest BCUT2D eigenvalue weighted by Crippen LogP contribution is 2.23. The minimum absolute atomic E-state index is 0.253. The molecule has 0 aliphatic carbocycles. The third kappa shape index (κ3) is 5.11. The zero-order valence-corrected chi connectivity index (χ0v) is 12.6. The van der Waals surface area contributed by atoms with Crippen LogP contribution in [-0.4, -0.2) is 21.8 Å². The zero-order valence-electron chi connectivity index (χ0n) is 12.6. The van der Waals surface area contributed by atoms with Gasteiger partial charge in [-0.05, 0) is 30.7 Å². The Bertz CT molecular complexity index is 770. The van der Waals surface area contributed by atoms with Gasteiger partial charge in [-0.3, -0.25) is 14.2 Å². The molecule has 0 aliphatic heterocycles. The predicted molar refractivity (Wildman–Crippen MR) is 79.6 cm³/mol. The third-order valence-corrected chi connectivity index (χ3v) is 2.98. The van der Waals surface area contributed by atoms with Crippen LogP contribution >= 0.6 is 0 Å². The van der Waals surface area contributed by atoms with E-state index in [9.17, 15) is 22.8 Å². The molecule has 1 heterocycles. The van der Waals surface area contributed by atoms with E-state index in [1.165, 1.54) is 24.5 Å². The number of ether oxygens (including phenoxy) is 1. The summed E-state index contributed by atoms with van der Waals surface area (Å²) in [7, 11) is 0. The van der Waals surface area contributed by atoms with Gasteiger partial charge in [0.15, 0.2) is 0 Å². The number of aromatic nitrogens is 2. The van der Waals surface area contributed by atoms with Crippen molar-refractivity contribution in [1.82, 2.24) is 9.55 Å². The molecular weight excluding hydrogens is 327 g/mol. The van der Waals surface area contributed by atoms with Gasteiger partial charge in [-0.2, -0.15) is 0 Å². The molecule has 0 bridgehead atoms. The highest BCUT2D eigenvalue weighted by molar-refractivity contribution is 5.90. The van der Waals surface area contributed by atoms with Crippen LogP contribution in [0, 0.1) is 0 Å². The maximum Gasteiger partial charge on any atom is 0.573 e. The molecule has 1 aromatic heterocycles. The fourth-order valence-corrected chi connectivity index (χ4v) is 1.87. The molecule has 2 aromatic rings. The summed E-state index contributed by atoms with van der Waals surface area (Å²) in [6.45, 7) is 1.60. The Hall–Kier alpha value is -2.84. The molecule has 0 radical (unpaired) electrons. The van der Waals surface area contributed by atoms with Crippen LogP contribution in [0.25, 0.3) is 0 Å². The Balaban J connectivity index is 1.98. The molecule has 9 heteroatoms. The van der Waals surface area contributed by atoms with E-state index in [0.29, 0.717) is 12.1 Å². The van der Waals surface area contributed by atoms with Crippen molar-refractivity contribution in [2.75, 3.05) is 5.32 Å². The van der Waals surface area contributed by atoms with Gasteiger partial charge in [0.05, 0.1) is 6.33 Å². The first-order chi connectivity index (χ1) is 11.3. The van der Waals surface area contributed by atoms with Crippen LogP contribution in [0.2, 0.25) is 0 Å². The van der Waals surface area contributed by atoms with Gasteiger partial charge in [0.2, 0.25) is 5.91 Å². The maximum absolute atomic E-state index is 12.1. The number of hydrogen-bond acceptors (Lipinski definition) is 4. The summed E-state index contributed by atoms with van der Waals surface area (Å²) in [4.78, 5) is 27.7. The molecule has 0 unspecified atom stereocenters. The molecule has 0 saturated carbocycles. The van der Waals surface area contributed by atoms with Crippen molar-refractivity contribution in [3.63, 3.8) is 0 Å². The smallest absolute Gasteiger partial charge is 0.406 e. The zero-order chi connectivity index (χ0) is 17.7. The number of aryl methyl sites for hydroxylation is 1. The van der Waals surface area contributed by atoms with E-state index in [1.54, 1.807) is 0 Å². The summed E-state index contributed by atoms with van der Waals surface area (Å²) >= 11 is 0. The SMILES string of the molecule is CCc1cc(=O)n(CC(=O)Nc2ccc(OC(F)(F)F)cc2)cn1. The number of rotatable bonds is 5. The normalized spacial score (nSPS) is 11.2. The number of anilines is 1. The van der Waals surface area contributed by atoms with E-state index < -0.39 is 18.0 Å². The van der Waals surface area contributed by atoms with E-state index in [2.05, 4.69) is 15.0 Å². The molecule has 0 saturated heterocycles. The lowest BCUT2D eigenvalue weighted by Gasteiger charge is -2.10. The minimum atomic E-state index is -4.77. The number of halogens is 3. The van der Waals surface area contributed by atoms with Crippen molar-refractivity contribution in [3.05, 3.63) is 52.7 Å². The second-order valence-electron chi connectivity index (χ2n) is 4.82. The van der Waals surface area contributed by atoms with Gasteiger partial charge in [0.1, 0.15) is 12.3 Å². The molecule has 0 aliphatic rings. The number of carbonyl (C=O) groups excluding carboxylic acids is 1. The van der Waals surface area contributed by atoms with Gasteiger partial charge in [0.25, 0.3) is 5.56 Å². The lowest BCUT2D eigenvalue weighted by atomic mass is 10.3. The monoisotopic (exact) mass is 341 g/mol. The Morgan fingerprint density at radius 2 is 1.96 bits per heavy atom. The van der Waals surface area contributed by atoms with E-state index in [-0.39, 0.29) is 17.8 Å². The summed E-state index contributed by atoms with van der Waals surface area (Å²) in [6, 6.07) is 6.02. The van der Waals surface area contributed by atoms with Crippen molar-refractivity contribution in [3.8, 4) is 5.75 Å². The van der Waals surface area contributed by atoms with Crippen LogP contribution in [-0.2, 0) is 17.8 Å². The van der Waals surface area contributed by atoms with E-state index >= 15 is 0 Å². The Labute approximate surface area is 134 Å². The Morgan fingerprint density at radius 1 is 1.29 bits per heavy atom. The Morgan fingerprint density at radius 3 is 2.50 bits per heavy atom. The van der Waals surface area contributed by atoms with Crippen molar-refractivity contribution >= 4 is 11.6 Å². The van der Waals surface area contributed by atoms with Gasteiger partial charge < -0.3 is 10.1 Å². The van der Waals surface area contributed by atoms with Crippen LogP contribution < -0.4 is 15.6 Å². The first-order valence-electron chi connectivity index (χ1n) is 6.98. The molecule has 1 N–H and O–H groups in total. The van der Waals surface area contributed by atoms with Crippen molar-refractivity contribution in [1.29, 1.82) is 0 Å². The van der Waals surface area contributed by atoms with Gasteiger partial charge in [-0.1, -0.05) is 6.92 Å². The standard InChI is InChI=1S/C15H14F3N3O3/c1-2-10-7-14(23)21(9-19-10)8-13(22)20-11-3-5-12(6-4-11)24-15(16,17)18/h3-7,9H,2,8H2,1H3,(H,20,22). The maximum atomic E-state index is 12.1. The molecule has 0 fully saturated rings. The van der Waals surface area contributed by atoms with Crippen LogP contribution in [0.1, 0.15) is 12.6 Å². The summed E-state index contributed by atoms with van der Waals surface area (Å²) in [6.07, 6.45) is -2.89. The summed E-state index contributed by atoms with van der Waals surface area (Å²) in [5, 5.41) is 2.47. The summed E-state index contributed by atoms with van der Waals surface area (Å²) in [5.74, 6) is -0.899. The molecule has 6 nitrogen and oxygen atoms in total. The predicted octanol–water partition coefficient (Wildman–Crippen LogP) is 2.34. The Kier molecular flexibility index (Phi) is 5.22. The van der Waals surface area contributed by atoms with Crippen molar-refractivity contribution in [2.24, 2.45) is 0 Å². The number of amides is 1. The largest absolute Gasteiger partial charge is 0.573 e. The van der Waals surface area contributed by atoms with E-state index in [0.717, 1.165) is 16.7 Å². The average molecular weight is 341 g/mol. The highest BCUT2D eigenvalue weighted by atomic mass is 19.4. The molecule has 0 atom stereocenters. The number of benzene rings is 1. The van der Waals surface area contributed by atoms with E-state index in [1.807, 2.05) is 6.92 Å². The topological polar surface area (TPSA) is 73.2 Å². The van der Waals surface area contributed by atoms with Gasteiger partial charge in [-0.15, -0.1) is 13.2 Å².